The Kier molecular flexibility index (Phi) is 5.62. The molecule has 2 aromatic rings. The minimum absolute atomic E-state index is 0.127. The summed E-state index contributed by atoms with van der Waals surface area (Å²) in [7, 11) is 0. The maximum absolute atomic E-state index is 13.1. The SMILES string of the molecule is O=C(OOC(=O)c1cc(F)ccc1C(F)(F)F)c1cc(F)ccc1C(F)(F)F. The average Bonchev–Trinajstić information content (AvgIpc) is 2.57. The summed E-state index contributed by atoms with van der Waals surface area (Å²) >= 11 is 0. The Bertz CT molecular complexity index is 842. The van der Waals surface area contributed by atoms with Crippen molar-refractivity contribution in [1.82, 2.24) is 0 Å². The van der Waals surface area contributed by atoms with Gasteiger partial charge in [0.1, 0.15) is 11.6 Å². The highest BCUT2D eigenvalue weighted by atomic mass is 19.4. The predicted molar refractivity (Wildman–Crippen MR) is 73.6 cm³/mol. The number of halogens is 8. The topological polar surface area (TPSA) is 52.6 Å². The van der Waals surface area contributed by atoms with Gasteiger partial charge in [-0.25, -0.2) is 28.1 Å². The molecule has 0 radical (unpaired) electrons. The van der Waals surface area contributed by atoms with Crippen molar-refractivity contribution in [3.05, 3.63) is 70.3 Å². The lowest BCUT2D eigenvalue weighted by Crippen LogP contribution is -2.19. The zero-order valence-electron chi connectivity index (χ0n) is 13.1. The van der Waals surface area contributed by atoms with Gasteiger partial charge in [-0.3, -0.25) is 0 Å². The number of rotatable bonds is 2. The van der Waals surface area contributed by atoms with Gasteiger partial charge in [-0.2, -0.15) is 26.3 Å². The standard InChI is InChI=1S/C16H6F8O4/c17-7-1-3-11(15(19,20)21)9(5-7)13(25)27-28-14(26)10-6-8(18)2-4-12(10)16(22,23)24/h1-6H. The molecule has 0 spiro atoms. The number of hydrogen-bond donors (Lipinski definition) is 0. The third kappa shape index (κ3) is 4.75. The van der Waals surface area contributed by atoms with Crippen LogP contribution in [0.15, 0.2) is 36.4 Å². The summed E-state index contributed by atoms with van der Waals surface area (Å²) < 4.78 is 103. The van der Waals surface area contributed by atoms with E-state index in [0.717, 1.165) is 0 Å². The van der Waals surface area contributed by atoms with Crippen molar-refractivity contribution in [2.45, 2.75) is 12.4 Å². The monoisotopic (exact) mass is 414 g/mol. The normalized spacial score (nSPS) is 11.9. The fourth-order valence-corrected chi connectivity index (χ4v) is 2.03. The van der Waals surface area contributed by atoms with E-state index in [-0.39, 0.29) is 24.3 Å². The van der Waals surface area contributed by atoms with Crippen molar-refractivity contribution < 1.29 is 54.5 Å². The molecule has 0 saturated carbocycles. The molecule has 0 heterocycles. The second-order valence-electron chi connectivity index (χ2n) is 5.12. The molecule has 12 heteroatoms. The number of alkyl halides is 6. The lowest BCUT2D eigenvalue weighted by molar-refractivity contribution is -0.189. The third-order valence-corrected chi connectivity index (χ3v) is 3.21. The Morgan fingerprint density at radius 2 is 0.964 bits per heavy atom. The van der Waals surface area contributed by atoms with Crippen LogP contribution in [0.25, 0.3) is 0 Å². The van der Waals surface area contributed by atoms with E-state index in [2.05, 4.69) is 9.78 Å². The number of carbonyl (C=O) groups excluding carboxylic acids is 2. The number of hydrogen-bond acceptors (Lipinski definition) is 4. The predicted octanol–water partition coefficient (Wildman–Crippen LogP) is 4.93. The molecular formula is C16H6F8O4. The first-order valence-electron chi connectivity index (χ1n) is 6.97. The second kappa shape index (κ2) is 7.44. The zero-order valence-corrected chi connectivity index (χ0v) is 13.1. The van der Waals surface area contributed by atoms with Crippen LogP contribution >= 0.6 is 0 Å². The molecule has 0 aromatic heterocycles. The molecule has 4 nitrogen and oxygen atoms in total. The first-order chi connectivity index (χ1) is 12.8. The Hall–Kier alpha value is -3.18. The maximum atomic E-state index is 13.1. The first kappa shape index (κ1) is 21.1. The van der Waals surface area contributed by atoms with Crippen molar-refractivity contribution in [2.24, 2.45) is 0 Å². The highest BCUT2D eigenvalue weighted by Gasteiger charge is 2.38. The largest absolute Gasteiger partial charge is 0.417 e. The van der Waals surface area contributed by atoms with Gasteiger partial charge in [0.2, 0.25) is 0 Å². The first-order valence-corrected chi connectivity index (χ1v) is 6.97. The van der Waals surface area contributed by atoms with Gasteiger partial charge >= 0.3 is 24.3 Å². The summed E-state index contributed by atoms with van der Waals surface area (Å²) in [6.45, 7) is 0. The zero-order chi connectivity index (χ0) is 21.3. The summed E-state index contributed by atoms with van der Waals surface area (Å²) in [5.41, 5.74) is -6.07. The molecule has 2 rings (SSSR count). The van der Waals surface area contributed by atoms with E-state index in [9.17, 15) is 44.7 Å². The van der Waals surface area contributed by atoms with Crippen molar-refractivity contribution >= 4 is 11.9 Å². The van der Waals surface area contributed by atoms with Crippen molar-refractivity contribution in [2.75, 3.05) is 0 Å². The number of carbonyl (C=O) groups is 2. The van der Waals surface area contributed by atoms with Gasteiger partial charge in [-0.05, 0) is 36.4 Å². The van der Waals surface area contributed by atoms with Gasteiger partial charge in [0.25, 0.3) is 0 Å². The van der Waals surface area contributed by atoms with Crippen LogP contribution in [0.3, 0.4) is 0 Å². The van der Waals surface area contributed by atoms with Crippen molar-refractivity contribution in [3.8, 4) is 0 Å². The Morgan fingerprint density at radius 1 is 0.643 bits per heavy atom. The van der Waals surface area contributed by atoms with Gasteiger partial charge in [0.05, 0.1) is 22.3 Å². The maximum Gasteiger partial charge on any atom is 0.417 e. The summed E-state index contributed by atoms with van der Waals surface area (Å²) in [5.74, 6) is -6.55. The number of benzene rings is 2. The van der Waals surface area contributed by atoms with Crippen molar-refractivity contribution in [1.29, 1.82) is 0 Å². The van der Waals surface area contributed by atoms with E-state index in [1.807, 2.05) is 0 Å². The molecule has 0 amide bonds. The van der Waals surface area contributed by atoms with Gasteiger partial charge in [0, 0.05) is 0 Å². The molecule has 150 valence electrons. The fraction of sp³-hybridized carbons (Fsp3) is 0.125. The van der Waals surface area contributed by atoms with E-state index in [1.54, 1.807) is 0 Å². The Labute approximate surface area is 150 Å². The molecule has 0 saturated heterocycles. The van der Waals surface area contributed by atoms with Crippen LogP contribution in [-0.4, -0.2) is 11.9 Å². The van der Waals surface area contributed by atoms with Gasteiger partial charge in [-0.15, -0.1) is 0 Å². The molecule has 0 unspecified atom stereocenters. The van der Waals surface area contributed by atoms with E-state index < -0.39 is 58.2 Å². The highest BCUT2D eigenvalue weighted by Crippen LogP contribution is 2.34. The highest BCUT2D eigenvalue weighted by molar-refractivity contribution is 5.94. The minimum Gasteiger partial charge on any atom is -0.241 e. The van der Waals surface area contributed by atoms with E-state index in [1.165, 1.54) is 0 Å². The van der Waals surface area contributed by atoms with Crippen LogP contribution in [0.1, 0.15) is 31.8 Å². The smallest absolute Gasteiger partial charge is 0.241 e. The molecule has 0 bridgehead atoms. The molecule has 0 aliphatic heterocycles. The Morgan fingerprint density at radius 3 is 1.25 bits per heavy atom. The quantitative estimate of drug-likeness (QED) is 0.397. The molecule has 28 heavy (non-hydrogen) atoms. The molecule has 0 aliphatic rings. The molecule has 2 aromatic carbocycles. The van der Waals surface area contributed by atoms with Crippen LogP contribution in [0.4, 0.5) is 35.1 Å². The van der Waals surface area contributed by atoms with Crippen molar-refractivity contribution in [3.63, 3.8) is 0 Å². The van der Waals surface area contributed by atoms with Gasteiger partial charge in [-0.1, -0.05) is 0 Å². The fourth-order valence-electron chi connectivity index (χ4n) is 2.03. The summed E-state index contributed by atoms with van der Waals surface area (Å²) in [6.07, 6.45) is -10.2. The van der Waals surface area contributed by atoms with Crippen LogP contribution in [0.5, 0.6) is 0 Å². The lowest BCUT2D eigenvalue weighted by Gasteiger charge is -2.13. The second-order valence-corrected chi connectivity index (χ2v) is 5.12. The summed E-state index contributed by atoms with van der Waals surface area (Å²) in [5, 5.41) is 0. The van der Waals surface area contributed by atoms with E-state index in [0.29, 0.717) is 12.1 Å². The molecule has 0 fully saturated rings. The third-order valence-electron chi connectivity index (χ3n) is 3.21. The van der Waals surface area contributed by atoms with E-state index in [4.69, 9.17) is 0 Å². The van der Waals surface area contributed by atoms with Crippen LogP contribution in [0.2, 0.25) is 0 Å². The minimum atomic E-state index is -5.11. The van der Waals surface area contributed by atoms with Gasteiger partial charge in [0.15, 0.2) is 0 Å². The summed E-state index contributed by atoms with van der Waals surface area (Å²) in [6, 6.07) is 1.47. The van der Waals surface area contributed by atoms with Crippen LogP contribution in [0, 0.1) is 11.6 Å². The molecular weight excluding hydrogens is 408 g/mol. The van der Waals surface area contributed by atoms with Gasteiger partial charge < -0.3 is 0 Å². The molecule has 0 atom stereocenters. The van der Waals surface area contributed by atoms with Crippen LogP contribution in [-0.2, 0) is 22.1 Å². The lowest BCUT2D eigenvalue weighted by atomic mass is 10.1. The molecule has 0 aliphatic carbocycles. The van der Waals surface area contributed by atoms with E-state index >= 15 is 0 Å². The summed E-state index contributed by atoms with van der Waals surface area (Å²) in [4.78, 5) is 31.0. The average molecular weight is 414 g/mol. The Balaban J connectivity index is 2.27. The van der Waals surface area contributed by atoms with Crippen LogP contribution < -0.4 is 0 Å². The molecule has 0 N–H and O–H groups in total.